The molecule has 9 nitrogen and oxygen atoms in total. The molecule has 3 amide bonds. The van der Waals surface area contributed by atoms with E-state index in [0.717, 1.165) is 18.6 Å². The normalized spacial score (nSPS) is 12.7. The van der Waals surface area contributed by atoms with E-state index in [1.165, 1.54) is 36.4 Å². The summed E-state index contributed by atoms with van der Waals surface area (Å²) in [6.45, 7) is 1.26. The first-order chi connectivity index (χ1) is 19.4. The molecule has 13 heteroatoms. The molecule has 0 saturated carbocycles. The maximum atomic E-state index is 15.0. The fourth-order valence-corrected chi connectivity index (χ4v) is 5.66. The molecule has 3 aromatic carbocycles. The fourth-order valence-electron chi connectivity index (χ4n) is 3.87. The molecular weight excluding hydrogens is 593 g/mol. The van der Waals surface area contributed by atoms with Gasteiger partial charge in [0.05, 0.1) is 16.4 Å². The molecule has 0 fully saturated rings. The summed E-state index contributed by atoms with van der Waals surface area (Å²) in [6.07, 6.45) is -1.12. The van der Waals surface area contributed by atoms with Gasteiger partial charge in [0, 0.05) is 29.4 Å². The first kappa shape index (κ1) is 32.1. The standard InChI is InChI=1S/C28H29ClFN3O6S2/c1-17(34)26(35)33-41(38,39)25-8-3-2-7-22(25)19-9-10-23(24(30)15-19)28(37)32-12-11-31-27(36)20(16-40)13-18-5-4-6-21(29)14-18/h2-10,14-15,17,20,34,40H,11-13,16H2,1H3,(H,31,36)(H,32,37)(H,33,35)/t17-,20+/m0/s1. The van der Waals surface area contributed by atoms with Crippen molar-refractivity contribution in [3.63, 3.8) is 0 Å². The highest BCUT2D eigenvalue weighted by atomic mass is 35.5. The van der Waals surface area contributed by atoms with Crippen LogP contribution in [0.1, 0.15) is 22.8 Å². The Hall–Kier alpha value is -3.45. The average molecular weight is 622 g/mol. The summed E-state index contributed by atoms with van der Waals surface area (Å²) in [7, 11) is -4.38. The number of benzene rings is 3. The first-order valence-electron chi connectivity index (χ1n) is 12.5. The minimum absolute atomic E-state index is 0.0340. The van der Waals surface area contributed by atoms with Gasteiger partial charge in [-0.15, -0.1) is 0 Å². The number of aliphatic hydroxyl groups excluding tert-OH is 1. The number of rotatable bonds is 12. The van der Waals surface area contributed by atoms with Crippen molar-refractivity contribution in [2.75, 3.05) is 18.8 Å². The minimum Gasteiger partial charge on any atom is -0.384 e. The first-order valence-corrected chi connectivity index (χ1v) is 15.0. The number of amides is 3. The van der Waals surface area contributed by atoms with Crippen LogP contribution in [0.15, 0.2) is 71.6 Å². The number of carbonyl (C=O) groups is 3. The number of aliphatic hydroxyl groups is 1. The van der Waals surface area contributed by atoms with Crippen LogP contribution in [-0.4, -0.2) is 56.2 Å². The molecule has 41 heavy (non-hydrogen) atoms. The zero-order chi connectivity index (χ0) is 30.2. The number of sulfonamides is 1. The van der Waals surface area contributed by atoms with E-state index in [1.54, 1.807) is 22.9 Å². The van der Waals surface area contributed by atoms with Gasteiger partial charge in [-0.05, 0) is 54.8 Å². The Labute approximate surface area is 248 Å². The maximum Gasteiger partial charge on any atom is 0.264 e. The second-order valence-corrected chi connectivity index (χ2v) is 11.5. The molecule has 0 aliphatic heterocycles. The molecule has 0 radical (unpaired) electrons. The van der Waals surface area contributed by atoms with Gasteiger partial charge in [-0.25, -0.2) is 17.5 Å². The van der Waals surface area contributed by atoms with Gasteiger partial charge in [0.15, 0.2) is 0 Å². The summed E-state index contributed by atoms with van der Waals surface area (Å²) in [5.74, 6) is -3.09. The molecule has 0 aromatic heterocycles. The summed E-state index contributed by atoms with van der Waals surface area (Å²) in [5.41, 5.74) is 0.846. The van der Waals surface area contributed by atoms with Crippen molar-refractivity contribution in [3.8, 4) is 11.1 Å². The molecule has 0 heterocycles. The summed E-state index contributed by atoms with van der Waals surface area (Å²) in [4.78, 5) is 36.6. The molecule has 0 aliphatic rings. The molecular formula is C28H29ClFN3O6S2. The van der Waals surface area contributed by atoms with Gasteiger partial charge in [-0.1, -0.05) is 48.0 Å². The average Bonchev–Trinajstić information content (AvgIpc) is 2.93. The van der Waals surface area contributed by atoms with Crippen LogP contribution in [0.2, 0.25) is 5.02 Å². The van der Waals surface area contributed by atoms with Crippen LogP contribution in [0.3, 0.4) is 0 Å². The highest BCUT2D eigenvalue weighted by Crippen LogP contribution is 2.28. The maximum absolute atomic E-state index is 15.0. The summed E-state index contributed by atoms with van der Waals surface area (Å²) in [5, 5.41) is 15.2. The van der Waals surface area contributed by atoms with Crippen molar-refractivity contribution in [1.29, 1.82) is 0 Å². The van der Waals surface area contributed by atoms with Crippen LogP contribution in [0.4, 0.5) is 4.39 Å². The lowest BCUT2D eigenvalue weighted by Gasteiger charge is -2.15. The summed E-state index contributed by atoms with van der Waals surface area (Å²) >= 11 is 10.3. The van der Waals surface area contributed by atoms with Gasteiger partial charge in [-0.2, -0.15) is 12.6 Å². The van der Waals surface area contributed by atoms with E-state index in [1.807, 2.05) is 6.07 Å². The second-order valence-electron chi connectivity index (χ2n) is 9.10. The van der Waals surface area contributed by atoms with Crippen molar-refractivity contribution in [2.24, 2.45) is 5.92 Å². The number of nitrogens with one attached hydrogen (secondary N) is 3. The molecule has 3 rings (SSSR count). The van der Waals surface area contributed by atoms with Crippen molar-refractivity contribution in [2.45, 2.75) is 24.3 Å². The Kier molecular flexibility index (Phi) is 11.3. The lowest BCUT2D eigenvalue weighted by Crippen LogP contribution is -2.38. The third-order valence-corrected chi connectivity index (χ3v) is 8.07. The zero-order valence-corrected chi connectivity index (χ0v) is 24.4. The van der Waals surface area contributed by atoms with E-state index in [4.69, 9.17) is 11.6 Å². The van der Waals surface area contributed by atoms with E-state index in [-0.39, 0.29) is 40.6 Å². The van der Waals surface area contributed by atoms with Crippen molar-refractivity contribution in [3.05, 3.63) is 88.7 Å². The molecule has 0 spiro atoms. The third-order valence-electron chi connectivity index (χ3n) is 5.99. The Morgan fingerprint density at radius 1 is 0.976 bits per heavy atom. The van der Waals surface area contributed by atoms with E-state index in [0.29, 0.717) is 17.2 Å². The van der Waals surface area contributed by atoms with Crippen LogP contribution in [0, 0.1) is 11.7 Å². The fraction of sp³-hybridized carbons (Fsp3) is 0.250. The van der Waals surface area contributed by atoms with Crippen molar-refractivity contribution < 1.29 is 32.3 Å². The van der Waals surface area contributed by atoms with Gasteiger partial charge in [-0.3, -0.25) is 14.4 Å². The smallest absolute Gasteiger partial charge is 0.264 e. The van der Waals surface area contributed by atoms with Crippen LogP contribution in [0.25, 0.3) is 11.1 Å². The lowest BCUT2D eigenvalue weighted by atomic mass is 10.0. The predicted octanol–water partition coefficient (Wildman–Crippen LogP) is 2.97. The van der Waals surface area contributed by atoms with Gasteiger partial charge in [0.25, 0.3) is 21.8 Å². The number of carbonyl (C=O) groups excluding carboxylic acids is 3. The monoisotopic (exact) mass is 621 g/mol. The largest absolute Gasteiger partial charge is 0.384 e. The zero-order valence-electron chi connectivity index (χ0n) is 21.9. The van der Waals surface area contributed by atoms with Crippen LogP contribution >= 0.6 is 24.2 Å². The van der Waals surface area contributed by atoms with E-state index >= 15 is 0 Å². The molecule has 0 saturated heterocycles. The number of hydrogen-bond acceptors (Lipinski definition) is 7. The van der Waals surface area contributed by atoms with E-state index < -0.39 is 39.7 Å². The molecule has 218 valence electrons. The Bertz CT molecular complexity index is 1530. The molecule has 0 unspecified atom stereocenters. The van der Waals surface area contributed by atoms with Crippen LogP contribution < -0.4 is 15.4 Å². The Balaban J connectivity index is 1.62. The summed E-state index contributed by atoms with van der Waals surface area (Å²) < 4.78 is 42.2. The summed E-state index contributed by atoms with van der Waals surface area (Å²) in [6, 6.07) is 16.4. The van der Waals surface area contributed by atoms with Crippen molar-refractivity contribution in [1.82, 2.24) is 15.4 Å². The number of thiol groups is 1. The topological polar surface area (TPSA) is 142 Å². The highest BCUT2D eigenvalue weighted by molar-refractivity contribution is 7.90. The highest BCUT2D eigenvalue weighted by Gasteiger charge is 2.24. The Morgan fingerprint density at radius 2 is 1.68 bits per heavy atom. The van der Waals surface area contributed by atoms with E-state index in [2.05, 4.69) is 23.3 Å². The molecule has 0 bridgehead atoms. The number of hydrogen-bond donors (Lipinski definition) is 5. The molecule has 4 N–H and O–H groups in total. The van der Waals surface area contributed by atoms with E-state index in [9.17, 15) is 32.3 Å². The SMILES string of the molecule is C[C@H](O)C(=O)NS(=O)(=O)c1ccccc1-c1ccc(C(=O)NCCNC(=O)[C@@H](CS)Cc2cccc(Cl)c2)c(F)c1. The second kappa shape index (κ2) is 14.4. The van der Waals surface area contributed by atoms with Crippen LogP contribution in [-0.2, 0) is 26.0 Å². The van der Waals surface area contributed by atoms with Gasteiger partial charge >= 0.3 is 0 Å². The lowest BCUT2D eigenvalue weighted by molar-refractivity contribution is -0.126. The number of halogens is 2. The van der Waals surface area contributed by atoms with Gasteiger partial charge < -0.3 is 15.7 Å². The van der Waals surface area contributed by atoms with Gasteiger partial charge in [0.1, 0.15) is 11.9 Å². The minimum atomic E-state index is -4.38. The third kappa shape index (κ3) is 8.77. The van der Waals surface area contributed by atoms with Crippen molar-refractivity contribution >= 4 is 52.0 Å². The van der Waals surface area contributed by atoms with Gasteiger partial charge in [0.2, 0.25) is 5.91 Å². The quantitative estimate of drug-likeness (QED) is 0.156. The molecule has 3 aromatic rings. The Morgan fingerprint density at radius 3 is 2.34 bits per heavy atom. The molecule has 2 atom stereocenters. The van der Waals surface area contributed by atoms with Crippen LogP contribution in [0.5, 0.6) is 0 Å². The molecule has 0 aliphatic carbocycles. The predicted molar refractivity (Wildman–Crippen MR) is 157 cm³/mol.